The Labute approximate surface area is 208 Å². The Morgan fingerprint density at radius 2 is 1.57 bits per heavy atom. The number of anilines is 1. The summed E-state index contributed by atoms with van der Waals surface area (Å²) in [5.74, 6) is 0.495. The minimum atomic E-state index is -3.33. The molecule has 0 saturated heterocycles. The molecular formula is C25H23ClN4O4S. The van der Waals surface area contributed by atoms with Crippen LogP contribution in [0.1, 0.15) is 0 Å². The molecule has 0 amide bonds. The summed E-state index contributed by atoms with van der Waals surface area (Å²) in [6.07, 6.45) is 2.54. The highest BCUT2D eigenvalue weighted by molar-refractivity contribution is 7.88. The van der Waals surface area contributed by atoms with Crippen molar-refractivity contribution in [1.29, 1.82) is 0 Å². The first-order valence-electron chi connectivity index (χ1n) is 10.7. The second-order valence-corrected chi connectivity index (χ2v) is 9.94. The summed E-state index contributed by atoms with van der Waals surface area (Å²) in [7, 11) is -3.33. The average Bonchev–Trinajstić information content (AvgIpc) is 2.85. The predicted octanol–water partition coefficient (Wildman–Crippen LogP) is 4.31. The van der Waals surface area contributed by atoms with Gasteiger partial charge in [0.2, 0.25) is 15.8 Å². The Morgan fingerprint density at radius 1 is 0.914 bits per heavy atom. The number of sulfonamides is 1. The first-order chi connectivity index (χ1) is 16.8. The molecule has 0 atom stereocenters. The van der Waals surface area contributed by atoms with E-state index in [9.17, 15) is 13.2 Å². The fourth-order valence-corrected chi connectivity index (χ4v) is 3.93. The summed E-state index contributed by atoms with van der Waals surface area (Å²) >= 11 is 5.97. The molecule has 0 spiro atoms. The van der Waals surface area contributed by atoms with Crippen LogP contribution in [0, 0.1) is 0 Å². The van der Waals surface area contributed by atoms with Gasteiger partial charge in [-0.05, 0) is 47.5 Å². The monoisotopic (exact) mass is 510 g/mol. The first kappa shape index (κ1) is 24.5. The number of halogens is 1. The fraction of sp³-hybridized carbons (Fsp3) is 0.120. The van der Waals surface area contributed by atoms with Crippen LogP contribution in [0.15, 0.2) is 89.9 Å². The van der Waals surface area contributed by atoms with Crippen LogP contribution in [-0.2, 0) is 10.0 Å². The van der Waals surface area contributed by atoms with E-state index >= 15 is 0 Å². The van der Waals surface area contributed by atoms with E-state index in [4.69, 9.17) is 16.3 Å². The molecular weight excluding hydrogens is 488 g/mol. The molecule has 1 heterocycles. The van der Waals surface area contributed by atoms with Crippen molar-refractivity contribution >= 4 is 27.3 Å². The molecule has 0 fully saturated rings. The van der Waals surface area contributed by atoms with Gasteiger partial charge >= 0.3 is 5.56 Å². The maximum Gasteiger partial charge on any atom is 0.316 e. The van der Waals surface area contributed by atoms with Gasteiger partial charge in [-0.25, -0.2) is 13.1 Å². The summed E-state index contributed by atoms with van der Waals surface area (Å²) in [5.41, 5.74) is 2.45. The lowest BCUT2D eigenvalue weighted by molar-refractivity contribution is 0.470. The molecule has 4 rings (SSSR count). The maximum atomic E-state index is 13.4. The van der Waals surface area contributed by atoms with Crippen LogP contribution >= 0.6 is 11.6 Å². The zero-order valence-corrected chi connectivity index (χ0v) is 20.4. The molecule has 0 radical (unpaired) electrons. The Kier molecular flexibility index (Phi) is 7.50. The molecule has 4 aromatic rings. The van der Waals surface area contributed by atoms with Crippen molar-refractivity contribution in [2.24, 2.45) is 0 Å². The minimum absolute atomic E-state index is 0.0294. The third-order valence-corrected chi connectivity index (χ3v) is 5.97. The van der Waals surface area contributed by atoms with E-state index in [2.05, 4.69) is 15.1 Å². The third-order valence-electron chi connectivity index (χ3n) is 4.99. The van der Waals surface area contributed by atoms with Crippen molar-refractivity contribution < 1.29 is 13.2 Å². The minimum Gasteiger partial charge on any atom is -0.449 e. The number of hydrogen-bond donors (Lipinski definition) is 2. The van der Waals surface area contributed by atoms with Crippen molar-refractivity contribution in [1.82, 2.24) is 14.5 Å². The van der Waals surface area contributed by atoms with Crippen molar-refractivity contribution in [2.45, 2.75) is 0 Å². The molecule has 8 nitrogen and oxygen atoms in total. The van der Waals surface area contributed by atoms with E-state index in [0.29, 0.717) is 22.1 Å². The van der Waals surface area contributed by atoms with E-state index in [0.717, 1.165) is 17.4 Å². The van der Waals surface area contributed by atoms with Crippen molar-refractivity contribution in [3.63, 3.8) is 0 Å². The van der Waals surface area contributed by atoms with Crippen LogP contribution < -0.4 is 20.3 Å². The summed E-state index contributed by atoms with van der Waals surface area (Å²) in [4.78, 5) is 13.4. The number of hydrogen-bond acceptors (Lipinski definition) is 6. The molecule has 180 valence electrons. The molecule has 10 heteroatoms. The zero-order chi connectivity index (χ0) is 24.8. The summed E-state index contributed by atoms with van der Waals surface area (Å²) in [6.45, 7) is 0.354. The van der Waals surface area contributed by atoms with Gasteiger partial charge in [0.05, 0.1) is 18.1 Å². The molecule has 35 heavy (non-hydrogen) atoms. The highest BCUT2D eigenvalue weighted by Crippen LogP contribution is 2.28. The Morgan fingerprint density at radius 3 is 2.23 bits per heavy atom. The Balaban J connectivity index is 1.64. The van der Waals surface area contributed by atoms with Gasteiger partial charge in [0.25, 0.3) is 0 Å². The Bertz CT molecular complexity index is 1460. The van der Waals surface area contributed by atoms with Gasteiger partial charge in [0.15, 0.2) is 0 Å². The number of aromatic nitrogens is 2. The van der Waals surface area contributed by atoms with Gasteiger partial charge in [-0.3, -0.25) is 4.79 Å². The molecule has 0 aliphatic carbocycles. The second kappa shape index (κ2) is 10.7. The maximum absolute atomic E-state index is 13.4. The molecule has 0 aliphatic rings. The quantitative estimate of drug-likeness (QED) is 0.325. The molecule has 0 saturated carbocycles. The molecule has 0 bridgehead atoms. The lowest BCUT2D eigenvalue weighted by atomic mass is 10.1. The van der Waals surface area contributed by atoms with E-state index in [1.807, 2.05) is 42.5 Å². The number of rotatable bonds is 9. The SMILES string of the molecule is CS(=O)(=O)NCCNc1cnn(-c2ccc(Cl)cc2)c(=O)c1Oc1ccc(-c2ccccc2)cc1. The topological polar surface area (TPSA) is 102 Å². The van der Waals surface area contributed by atoms with Crippen LogP contribution in [0.25, 0.3) is 16.8 Å². The number of nitrogens with one attached hydrogen (secondary N) is 2. The first-order valence-corrected chi connectivity index (χ1v) is 13.0. The van der Waals surface area contributed by atoms with Gasteiger partial charge in [-0.1, -0.05) is 54.1 Å². The molecule has 1 aromatic heterocycles. The third kappa shape index (κ3) is 6.48. The lowest BCUT2D eigenvalue weighted by Gasteiger charge is -2.15. The van der Waals surface area contributed by atoms with Crippen LogP contribution in [0.4, 0.5) is 5.69 Å². The molecule has 2 N–H and O–H groups in total. The molecule has 0 unspecified atom stereocenters. The highest BCUT2D eigenvalue weighted by Gasteiger charge is 2.16. The largest absolute Gasteiger partial charge is 0.449 e. The summed E-state index contributed by atoms with van der Waals surface area (Å²) in [5, 5.41) is 7.80. The van der Waals surface area contributed by atoms with E-state index in [1.165, 1.54) is 10.9 Å². The van der Waals surface area contributed by atoms with Crippen LogP contribution in [0.5, 0.6) is 11.5 Å². The summed E-state index contributed by atoms with van der Waals surface area (Å²) < 4.78 is 32.3. The van der Waals surface area contributed by atoms with E-state index in [-0.39, 0.29) is 18.8 Å². The van der Waals surface area contributed by atoms with Crippen molar-refractivity contribution in [3.05, 3.63) is 100 Å². The van der Waals surface area contributed by atoms with E-state index in [1.54, 1.807) is 36.4 Å². The number of nitrogens with zero attached hydrogens (tertiary/aromatic N) is 2. The van der Waals surface area contributed by atoms with Crippen molar-refractivity contribution in [3.8, 4) is 28.3 Å². The Hall–Kier alpha value is -3.66. The second-order valence-electron chi connectivity index (χ2n) is 7.67. The molecule has 0 aliphatic heterocycles. The van der Waals surface area contributed by atoms with Gasteiger partial charge < -0.3 is 10.1 Å². The van der Waals surface area contributed by atoms with E-state index < -0.39 is 15.6 Å². The standard InChI is InChI=1S/C25H23ClN4O4S/c1-35(32,33)29-16-15-27-23-17-28-30(21-11-9-20(26)10-12-21)25(31)24(23)34-22-13-7-19(8-14-22)18-5-3-2-4-6-18/h2-14,17,27,29H,15-16H2,1H3. The summed E-state index contributed by atoms with van der Waals surface area (Å²) in [6, 6.07) is 24.0. The van der Waals surface area contributed by atoms with Crippen LogP contribution in [0.3, 0.4) is 0 Å². The van der Waals surface area contributed by atoms with Crippen LogP contribution in [0.2, 0.25) is 5.02 Å². The average molecular weight is 511 g/mol. The molecule has 3 aromatic carbocycles. The zero-order valence-electron chi connectivity index (χ0n) is 18.8. The number of ether oxygens (including phenoxy) is 1. The predicted molar refractivity (Wildman–Crippen MR) is 138 cm³/mol. The lowest BCUT2D eigenvalue weighted by Crippen LogP contribution is -2.29. The van der Waals surface area contributed by atoms with Gasteiger partial charge in [0, 0.05) is 18.1 Å². The van der Waals surface area contributed by atoms with Gasteiger partial charge in [-0.15, -0.1) is 0 Å². The smallest absolute Gasteiger partial charge is 0.316 e. The van der Waals surface area contributed by atoms with Gasteiger partial charge in [0.1, 0.15) is 11.4 Å². The highest BCUT2D eigenvalue weighted by atomic mass is 35.5. The number of benzene rings is 3. The van der Waals surface area contributed by atoms with Crippen LogP contribution in [-0.4, -0.2) is 37.5 Å². The fourth-order valence-electron chi connectivity index (χ4n) is 3.33. The van der Waals surface area contributed by atoms with Gasteiger partial charge in [-0.2, -0.15) is 9.78 Å². The van der Waals surface area contributed by atoms with Crippen molar-refractivity contribution in [2.75, 3.05) is 24.7 Å². The normalized spacial score (nSPS) is 11.3.